The molecule has 4 heteroatoms. The molecule has 0 unspecified atom stereocenters. The fraction of sp³-hybridized carbons (Fsp3) is 0.238. The van der Waals surface area contributed by atoms with Crippen molar-refractivity contribution < 1.29 is 17.9 Å². The summed E-state index contributed by atoms with van der Waals surface area (Å²) in [6.07, 6.45) is 1.45. The van der Waals surface area contributed by atoms with Crippen molar-refractivity contribution in [2.75, 3.05) is 0 Å². The van der Waals surface area contributed by atoms with Crippen molar-refractivity contribution in [3.63, 3.8) is 0 Å². The van der Waals surface area contributed by atoms with Crippen molar-refractivity contribution in [1.82, 2.24) is 0 Å². The molecule has 25 heavy (non-hydrogen) atoms. The van der Waals surface area contributed by atoms with E-state index in [0.29, 0.717) is 0 Å². The Labute approximate surface area is 145 Å². The number of alkyl halides is 3. The molecule has 130 valence electrons. The molecular formula is C21H19F3O. The molecule has 1 aliphatic carbocycles. The fourth-order valence-corrected chi connectivity index (χ4v) is 3.14. The van der Waals surface area contributed by atoms with Crippen LogP contribution >= 0.6 is 0 Å². The Morgan fingerprint density at radius 2 is 1.52 bits per heavy atom. The summed E-state index contributed by atoms with van der Waals surface area (Å²) in [6.45, 7) is 4.15. The van der Waals surface area contributed by atoms with Gasteiger partial charge in [0.05, 0.1) is 0 Å². The van der Waals surface area contributed by atoms with E-state index in [4.69, 9.17) is 0 Å². The molecular weight excluding hydrogens is 325 g/mol. The third kappa shape index (κ3) is 4.53. The van der Waals surface area contributed by atoms with Crippen LogP contribution in [0.2, 0.25) is 0 Å². The molecule has 1 aliphatic rings. The molecule has 0 N–H and O–H groups in total. The van der Waals surface area contributed by atoms with Crippen LogP contribution in [0.5, 0.6) is 5.75 Å². The lowest BCUT2D eigenvalue weighted by molar-refractivity contribution is -0.274. The second-order valence-corrected chi connectivity index (χ2v) is 6.32. The van der Waals surface area contributed by atoms with Gasteiger partial charge in [-0.2, -0.15) is 0 Å². The summed E-state index contributed by atoms with van der Waals surface area (Å²) < 4.78 is 40.7. The van der Waals surface area contributed by atoms with Crippen LogP contribution in [0, 0.1) is 13.8 Å². The number of hydrogen-bond acceptors (Lipinski definition) is 1. The zero-order chi connectivity index (χ0) is 18.0. The van der Waals surface area contributed by atoms with Gasteiger partial charge >= 0.3 is 6.36 Å². The molecule has 0 atom stereocenters. The predicted octanol–water partition coefficient (Wildman–Crippen LogP) is 6.46. The molecule has 0 radical (unpaired) electrons. The van der Waals surface area contributed by atoms with Gasteiger partial charge in [0, 0.05) is 0 Å². The van der Waals surface area contributed by atoms with Crippen molar-refractivity contribution in [3.8, 4) is 5.75 Å². The SMILES string of the molecule is Cc1cc(C)cc(C2=CCCC(c3ccc(OC(F)(F)F)cc3)=C2)c1. The number of benzene rings is 2. The molecule has 0 aromatic heterocycles. The van der Waals surface area contributed by atoms with Crippen LogP contribution < -0.4 is 4.74 Å². The molecule has 0 spiro atoms. The molecule has 0 amide bonds. The summed E-state index contributed by atoms with van der Waals surface area (Å²) in [7, 11) is 0. The van der Waals surface area contributed by atoms with Gasteiger partial charge in [0.2, 0.25) is 0 Å². The molecule has 0 saturated carbocycles. The van der Waals surface area contributed by atoms with E-state index in [9.17, 15) is 13.2 Å². The third-order valence-corrected chi connectivity index (χ3v) is 4.12. The molecule has 2 aromatic carbocycles. The van der Waals surface area contributed by atoms with E-state index in [2.05, 4.69) is 48.9 Å². The first-order valence-electron chi connectivity index (χ1n) is 8.16. The van der Waals surface area contributed by atoms with Crippen LogP contribution in [0.4, 0.5) is 13.2 Å². The number of aryl methyl sites for hydroxylation is 2. The van der Waals surface area contributed by atoms with Gasteiger partial charge < -0.3 is 4.74 Å². The van der Waals surface area contributed by atoms with Crippen LogP contribution in [0.3, 0.4) is 0 Å². The summed E-state index contributed by atoms with van der Waals surface area (Å²) in [6, 6.07) is 12.5. The number of ether oxygens (including phenoxy) is 1. The Morgan fingerprint density at radius 3 is 2.12 bits per heavy atom. The highest BCUT2D eigenvalue weighted by Gasteiger charge is 2.31. The second kappa shape index (κ2) is 6.79. The predicted molar refractivity (Wildman–Crippen MR) is 94.2 cm³/mol. The first-order chi connectivity index (χ1) is 11.8. The van der Waals surface area contributed by atoms with Crippen LogP contribution in [-0.2, 0) is 0 Å². The smallest absolute Gasteiger partial charge is 0.406 e. The quantitative estimate of drug-likeness (QED) is 0.620. The zero-order valence-electron chi connectivity index (χ0n) is 14.2. The lowest BCUT2D eigenvalue weighted by atomic mass is 9.90. The number of hydrogen-bond donors (Lipinski definition) is 0. The first kappa shape index (κ1) is 17.3. The minimum absolute atomic E-state index is 0.197. The van der Waals surface area contributed by atoms with E-state index < -0.39 is 6.36 Å². The summed E-state index contributed by atoms with van der Waals surface area (Å²) >= 11 is 0. The Kier molecular flexibility index (Phi) is 4.71. The van der Waals surface area contributed by atoms with Crippen molar-refractivity contribution in [1.29, 1.82) is 0 Å². The van der Waals surface area contributed by atoms with Crippen molar-refractivity contribution >= 4 is 11.1 Å². The summed E-state index contributed by atoms with van der Waals surface area (Å²) in [5.74, 6) is -0.197. The Bertz CT molecular complexity index is 807. The largest absolute Gasteiger partial charge is 0.573 e. The molecule has 0 aliphatic heterocycles. The summed E-state index contributed by atoms with van der Waals surface area (Å²) in [5.41, 5.74) is 6.80. The number of halogens is 3. The number of rotatable bonds is 3. The topological polar surface area (TPSA) is 9.23 Å². The van der Waals surface area contributed by atoms with E-state index in [1.807, 2.05) is 0 Å². The molecule has 0 bridgehead atoms. The fourth-order valence-electron chi connectivity index (χ4n) is 3.14. The summed E-state index contributed by atoms with van der Waals surface area (Å²) in [4.78, 5) is 0. The minimum Gasteiger partial charge on any atom is -0.406 e. The lowest BCUT2D eigenvalue weighted by Crippen LogP contribution is -2.17. The van der Waals surface area contributed by atoms with Gasteiger partial charge in [0.1, 0.15) is 5.75 Å². The highest BCUT2D eigenvalue weighted by molar-refractivity contribution is 5.86. The first-order valence-corrected chi connectivity index (χ1v) is 8.16. The second-order valence-electron chi connectivity index (χ2n) is 6.32. The lowest BCUT2D eigenvalue weighted by Gasteiger charge is -2.16. The minimum atomic E-state index is -4.66. The van der Waals surface area contributed by atoms with Gasteiger partial charge in [-0.05, 0) is 61.1 Å². The molecule has 0 fully saturated rings. The zero-order valence-corrected chi connectivity index (χ0v) is 14.2. The van der Waals surface area contributed by atoms with Crippen LogP contribution in [0.15, 0.2) is 54.6 Å². The van der Waals surface area contributed by atoms with E-state index in [1.54, 1.807) is 12.1 Å². The maximum atomic E-state index is 12.3. The Balaban J connectivity index is 1.85. The van der Waals surface area contributed by atoms with E-state index in [1.165, 1.54) is 28.8 Å². The molecule has 0 heterocycles. The van der Waals surface area contributed by atoms with Crippen LogP contribution in [-0.4, -0.2) is 6.36 Å². The van der Waals surface area contributed by atoms with Gasteiger partial charge in [0.25, 0.3) is 0 Å². The normalized spacial score (nSPS) is 14.8. The van der Waals surface area contributed by atoms with Gasteiger partial charge in [-0.3, -0.25) is 0 Å². The molecule has 2 aromatic rings. The molecule has 1 nitrogen and oxygen atoms in total. The standard InChI is InChI=1S/C21H19F3O/c1-14-10-15(2)12-19(11-14)18-5-3-4-17(13-18)16-6-8-20(9-7-16)25-21(22,23)24/h5-13H,3-4H2,1-2H3. The van der Waals surface area contributed by atoms with Gasteiger partial charge in [-0.1, -0.05) is 53.6 Å². The third-order valence-electron chi connectivity index (χ3n) is 4.12. The Hall–Kier alpha value is -2.49. The Morgan fingerprint density at radius 1 is 0.880 bits per heavy atom. The van der Waals surface area contributed by atoms with E-state index in [0.717, 1.165) is 29.6 Å². The van der Waals surface area contributed by atoms with Gasteiger partial charge in [-0.25, -0.2) is 0 Å². The monoisotopic (exact) mass is 344 g/mol. The maximum absolute atomic E-state index is 12.3. The van der Waals surface area contributed by atoms with Gasteiger partial charge in [-0.15, -0.1) is 13.2 Å². The molecule has 0 saturated heterocycles. The van der Waals surface area contributed by atoms with E-state index >= 15 is 0 Å². The van der Waals surface area contributed by atoms with Crippen molar-refractivity contribution in [2.24, 2.45) is 0 Å². The number of allylic oxidation sites excluding steroid dienone is 4. The van der Waals surface area contributed by atoms with E-state index in [-0.39, 0.29) is 5.75 Å². The molecule has 3 rings (SSSR count). The maximum Gasteiger partial charge on any atom is 0.573 e. The average Bonchev–Trinajstić information content (AvgIpc) is 2.53. The highest BCUT2D eigenvalue weighted by Crippen LogP contribution is 2.33. The van der Waals surface area contributed by atoms with Crippen LogP contribution in [0.25, 0.3) is 11.1 Å². The van der Waals surface area contributed by atoms with Crippen molar-refractivity contribution in [2.45, 2.75) is 33.1 Å². The van der Waals surface area contributed by atoms with Gasteiger partial charge in [0.15, 0.2) is 0 Å². The van der Waals surface area contributed by atoms with Crippen molar-refractivity contribution in [3.05, 3.63) is 76.9 Å². The summed E-state index contributed by atoms with van der Waals surface area (Å²) in [5, 5.41) is 0. The average molecular weight is 344 g/mol. The van der Waals surface area contributed by atoms with Crippen LogP contribution in [0.1, 0.15) is 35.1 Å². The highest BCUT2D eigenvalue weighted by atomic mass is 19.4.